The van der Waals surface area contributed by atoms with Crippen molar-refractivity contribution in [2.75, 3.05) is 20.2 Å². The molecule has 0 bridgehead atoms. The second-order valence-electron chi connectivity index (χ2n) is 4.15. The normalized spacial score (nSPS) is 35.5. The van der Waals surface area contributed by atoms with Crippen LogP contribution in [0.1, 0.15) is 12.8 Å². The SMILES string of the molecule is CNC(=O)C1CC2(CNC(=O)OC2)C1. The highest BCUT2D eigenvalue weighted by atomic mass is 16.6. The number of carbonyl (C=O) groups excluding carboxylic acids is 2. The fraction of sp³-hybridized carbons (Fsp3) is 0.778. The maximum Gasteiger partial charge on any atom is 0.407 e. The van der Waals surface area contributed by atoms with Crippen molar-refractivity contribution < 1.29 is 14.3 Å². The van der Waals surface area contributed by atoms with E-state index in [0.717, 1.165) is 12.8 Å². The van der Waals surface area contributed by atoms with E-state index in [1.165, 1.54) is 0 Å². The van der Waals surface area contributed by atoms with E-state index < -0.39 is 0 Å². The maximum absolute atomic E-state index is 11.2. The zero-order chi connectivity index (χ0) is 10.2. The van der Waals surface area contributed by atoms with Crippen molar-refractivity contribution in [2.24, 2.45) is 11.3 Å². The lowest BCUT2D eigenvalue weighted by atomic mass is 9.61. The van der Waals surface area contributed by atoms with Crippen LogP contribution >= 0.6 is 0 Å². The Hall–Kier alpha value is -1.26. The highest BCUT2D eigenvalue weighted by Gasteiger charge is 2.49. The van der Waals surface area contributed by atoms with Gasteiger partial charge in [0.1, 0.15) is 6.61 Å². The summed E-state index contributed by atoms with van der Waals surface area (Å²) in [6, 6.07) is 0. The average Bonchev–Trinajstić information content (AvgIpc) is 2.15. The lowest BCUT2D eigenvalue weighted by molar-refractivity contribution is -0.134. The van der Waals surface area contributed by atoms with Crippen LogP contribution in [0.4, 0.5) is 4.79 Å². The van der Waals surface area contributed by atoms with Gasteiger partial charge in [-0.15, -0.1) is 0 Å². The highest BCUT2D eigenvalue weighted by Crippen LogP contribution is 2.46. The van der Waals surface area contributed by atoms with Gasteiger partial charge in [-0.05, 0) is 12.8 Å². The standard InChI is InChI=1S/C9H14N2O3/c1-10-7(12)6-2-9(3-6)4-11-8(13)14-5-9/h6H,2-5H2,1H3,(H,10,12)(H,11,13). The zero-order valence-corrected chi connectivity index (χ0v) is 8.13. The second kappa shape index (κ2) is 3.15. The molecule has 1 aliphatic heterocycles. The Labute approximate surface area is 82.2 Å². The van der Waals surface area contributed by atoms with Crippen LogP contribution in [-0.4, -0.2) is 32.2 Å². The van der Waals surface area contributed by atoms with Crippen LogP contribution in [0.2, 0.25) is 0 Å². The van der Waals surface area contributed by atoms with E-state index in [4.69, 9.17) is 4.74 Å². The molecule has 2 fully saturated rings. The third-order valence-electron chi connectivity index (χ3n) is 3.09. The predicted molar refractivity (Wildman–Crippen MR) is 48.6 cm³/mol. The number of cyclic esters (lactones) is 1. The smallest absolute Gasteiger partial charge is 0.407 e. The molecule has 1 saturated heterocycles. The van der Waals surface area contributed by atoms with Crippen LogP contribution in [0.5, 0.6) is 0 Å². The lowest BCUT2D eigenvalue weighted by Crippen LogP contribution is -2.56. The van der Waals surface area contributed by atoms with Crippen molar-refractivity contribution in [2.45, 2.75) is 12.8 Å². The minimum absolute atomic E-state index is 0.0189. The van der Waals surface area contributed by atoms with Gasteiger partial charge in [0.25, 0.3) is 0 Å². The van der Waals surface area contributed by atoms with Crippen molar-refractivity contribution in [1.82, 2.24) is 10.6 Å². The minimum Gasteiger partial charge on any atom is -0.449 e. The summed E-state index contributed by atoms with van der Waals surface area (Å²) in [7, 11) is 1.65. The molecule has 0 aromatic heterocycles. The molecule has 0 unspecified atom stereocenters. The minimum atomic E-state index is -0.348. The number of nitrogens with one attached hydrogen (secondary N) is 2. The molecule has 0 aromatic rings. The summed E-state index contributed by atoms with van der Waals surface area (Å²) in [6.07, 6.45) is 1.28. The Kier molecular flexibility index (Phi) is 2.09. The van der Waals surface area contributed by atoms with Gasteiger partial charge in [-0.1, -0.05) is 0 Å². The first-order chi connectivity index (χ1) is 6.65. The summed E-state index contributed by atoms with van der Waals surface area (Å²) in [5, 5.41) is 5.29. The molecule has 5 heteroatoms. The summed E-state index contributed by atoms with van der Waals surface area (Å²) in [5.74, 6) is 0.186. The third kappa shape index (κ3) is 1.42. The summed E-state index contributed by atoms with van der Waals surface area (Å²) in [4.78, 5) is 22.0. The van der Waals surface area contributed by atoms with Crippen molar-refractivity contribution >= 4 is 12.0 Å². The molecular weight excluding hydrogens is 184 g/mol. The molecule has 2 amide bonds. The molecule has 78 valence electrons. The monoisotopic (exact) mass is 198 g/mol. The summed E-state index contributed by atoms with van der Waals surface area (Å²) in [5.41, 5.74) is 0.0189. The predicted octanol–water partition coefficient (Wildman–Crippen LogP) is -0.131. The van der Waals surface area contributed by atoms with Crippen LogP contribution in [-0.2, 0) is 9.53 Å². The van der Waals surface area contributed by atoms with Crippen LogP contribution < -0.4 is 10.6 Å². The molecule has 1 spiro atoms. The molecule has 14 heavy (non-hydrogen) atoms. The highest BCUT2D eigenvalue weighted by molar-refractivity contribution is 5.79. The molecule has 2 rings (SSSR count). The molecule has 5 nitrogen and oxygen atoms in total. The zero-order valence-electron chi connectivity index (χ0n) is 8.13. The average molecular weight is 198 g/mol. The van der Waals surface area contributed by atoms with Gasteiger partial charge in [0, 0.05) is 24.9 Å². The van der Waals surface area contributed by atoms with Gasteiger partial charge in [-0.2, -0.15) is 0 Å². The van der Waals surface area contributed by atoms with Gasteiger partial charge in [-0.3, -0.25) is 4.79 Å². The molecule has 0 atom stereocenters. The fourth-order valence-electron chi connectivity index (χ4n) is 2.22. The first kappa shape index (κ1) is 9.30. The molecule has 1 saturated carbocycles. The van der Waals surface area contributed by atoms with Crippen LogP contribution in [0.25, 0.3) is 0 Å². The van der Waals surface area contributed by atoms with E-state index in [1.54, 1.807) is 7.05 Å². The van der Waals surface area contributed by atoms with Crippen LogP contribution in [0.15, 0.2) is 0 Å². The molecule has 2 aliphatic rings. The van der Waals surface area contributed by atoms with E-state index in [9.17, 15) is 9.59 Å². The number of hydrogen-bond acceptors (Lipinski definition) is 3. The van der Waals surface area contributed by atoms with Crippen molar-refractivity contribution in [1.29, 1.82) is 0 Å². The van der Waals surface area contributed by atoms with Gasteiger partial charge >= 0.3 is 6.09 Å². The van der Waals surface area contributed by atoms with Crippen LogP contribution in [0, 0.1) is 11.3 Å². The largest absolute Gasteiger partial charge is 0.449 e. The topological polar surface area (TPSA) is 67.4 Å². The molecule has 0 radical (unpaired) electrons. The van der Waals surface area contributed by atoms with Crippen molar-refractivity contribution in [3.05, 3.63) is 0 Å². The van der Waals surface area contributed by atoms with Gasteiger partial charge < -0.3 is 15.4 Å². The quantitative estimate of drug-likeness (QED) is 0.616. The summed E-state index contributed by atoms with van der Waals surface area (Å²) in [6.45, 7) is 1.09. The first-order valence-electron chi connectivity index (χ1n) is 4.77. The van der Waals surface area contributed by atoms with Crippen molar-refractivity contribution in [3.8, 4) is 0 Å². The van der Waals surface area contributed by atoms with E-state index in [0.29, 0.717) is 13.2 Å². The van der Waals surface area contributed by atoms with E-state index in [2.05, 4.69) is 10.6 Å². The molecule has 2 N–H and O–H groups in total. The first-order valence-corrected chi connectivity index (χ1v) is 4.77. The summed E-state index contributed by atoms with van der Waals surface area (Å²) >= 11 is 0. The number of carbonyl (C=O) groups is 2. The Morgan fingerprint density at radius 2 is 2.36 bits per heavy atom. The van der Waals surface area contributed by atoms with E-state index >= 15 is 0 Å². The molecule has 1 heterocycles. The molecule has 1 aliphatic carbocycles. The number of hydrogen-bond donors (Lipinski definition) is 2. The van der Waals surface area contributed by atoms with Crippen molar-refractivity contribution in [3.63, 3.8) is 0 Å². The number of rotatable bonds is 1. The van der Waals surface area contributed by atoms with E-state index in [1.807, 2.05) is 0 Å². The fourth-order valence-corrected chi connectivity index (χ4v) is 2.22. The number of ether oxygens (including phenoxy) is 1. The molecular formula is C9H14N2O3. The Bertz CT molecular complexity index is 259. The van der Waals surface area contributed by atoms with Gasteiger partial charge in [-0.25, -0.2) is 4.79 Å². The number of amides is 2. The number of alkyl carbamates (subject to hydrolysis) is 1. The Balaban J connectivity index is 1.86. The lowest BCUT2D eigenvalue weighted by Gasteiger charge is -2.48. The van der Waals surface area contributed by atoms with Gasteiger partial charge in [0.05, 0.1) is 0 Å². The Morgan fingerprint density at radius 3 is 2.86 bits per heavy atom. The Morgan fingerprint density at radius 1 is 1.64 bits per heavy atom. The second-order valence-corrected chi connectivity index (χ2v) is 4.15. The van der Waals surface area contributed by atoms with E-state index in [-0.39, 0.29) is 23.3 Å². The van der Waals surface area contributed by atoms with Crippen LogP contribution in [0.3, 0.4) is 0 Å². The third-order valence-corrected chi connectivity index (χ3v) is 3.09. The van der Waals surface area contributed by atoms with Gasteiger partial charge in [0.2, 0.25) is 5.91 Å². The van der Waals surface area contributed by atoms with Gasteiger partial charge in [0.15, 0.2) is 0 Å². The maximum atomic E-state index is 11.2. The summed E-state index contributed by atoms with van der Waals surface area (Å²) < 4.78 is 4.92. The molecule has 0 aromatic carbocycles.